The highest BCUT2D eigenvalue weighted by Crippen LogP contribution is 2.26. The van der Waals surface area contributed by atoms with Gasteiger partial charge in [-0.05, 0) is 38.5 Å². The summed E-state index contributed by atoms with van der Waals surface area (Å²) in [5, 5.41) is 9.55. The van der Waals surface area contributed by atoms with Crippen molar-refractivity contribution in [1.29, 1.82) is 5.26 Å². The van der Waals surface area contributed by atoms with Gasteiger partial charge in [-0.2, -0.15) is 5.26 Å². The van der Waals surface area contributed by atoms with Gasteiger partial charge in [0.15, 0.2) is 0 Å². The van der Waals surface area contributed by atoms with Crippen molar-refractivity contribution in [2.75, 3.05) is 19.7 Å². The molecule has 0 bridgehead atoms. The molecule has 0 aromatic heterocycles. The van der Waals surface area contributed by atoms with Crippen LogP contribution >= 0.6 is 0 Å². The van der Waals surface area contributed by atoms with E-state index in [-0.39, 0.29) is 18.2 Å². The quantitative estimate of drug-likeness (QED) is 0.847. The molecule has 1 aromatic rings. The maximum absolute atomic E-state index is 9.55. The topological polar surface area (TPSA) is 45.5 Å². The second-order valence-corrected chi connectivity index (χ2v) is 5.25. The van der Waals surface area contributed by atoms with Crippen LogP contribution in [0, 0.1) is 11.3 Å². The highest BCUT2D eigenvalue weighted by Gasteiger charge is 2.29. The van der Waals surface area contributed by atoms with Crippen LogP contribution in [0.2, 0.25) is 0 Å². The molecule has 1 heterocycles. The zero-order valence-electron chi connectivity index (χ0n) is 12.4. The van der Waals surface area contributed by atoms with E-state index in [1.807, 2.05) is 45.0 Å². The van der Waals surface area contributed by atoms with Gasteiger partial charge in [-0.3, -0.25) is 4.90 Å². The molecule has 1 aromatic carbocycles. The van der Waals surface area contributed by atoms with Gasteiger partial charge in [0.2, 0.25) is 0 Å². The third kappa shape index (κ3) is 3.50. The maximum atomic E-state index is 9.55. The number of ether oxygens (including phenoxy) is 2. The van der Waals surface area contributed by atoms with Crippen molar-refractivity contribution in [2.45, 2.75) is 39.0 Å². The fourth-order valence-corrected chi connectivity index (χ4v) is 2.74. The molecule has 3 unspecified atom stereocenters. The van der Waals surface area contributed by atoms with Crippen molar-refractivity contribution in [1.82, 2.24) is 4.90 Å². The molecule has 3 atom stereocenters. The van der Waals surface area contributed by atoms with Gasteiger partial charge in [0, 0.05) is 13.1 Å². The molecular weight excluding hydrogens is 252 g/mol. The van der Waals surface area contributed by atoms with Crippen LogP contribution in [0.4, 0.5) is 0 Å². The summed E-state index contributed by atoms with van der Waals surface area (Å²) in [5.41, 5.74) is 0.986. The summed E-state index contributed by atoms with van der Waals surface area (Å²) in [5.74, 6) is 0.819. The molecule has 0 aliphatic carbocycles. The van der Waals surface area contributed by atoms with E-state index in [0.29, 0.717) is 6.61 Å². The molecule has 20 heavy (non-hydrogen) atoms. The maximum Gasteiger partial charge on any atom is 0.124 e. The Bertz CT molecular complexity index is 474. The van der Waals surface area contributed by atoms with Crippen LogP contribution in [-0.4, -0.2) is 36.8 Å². The Morgan fingerprint density at radius 2 is 2.10 bits per heavy atom. The predicted octanol–water partition coefficient (Wildman–Crippen LogP) is 2.76. The first-order chi connectivity index (χ1) is 9.63. The molecule has 1 saturated heterocycles. The van der Waals surface area contributed by atoms with Gasteiger partial charge >= 0.3 is 0 Å². The van der Waals surface area contributed by atoms with Gasteiger partial charge in [0.25, 0.3) is 0 Å². The van der Waals surface area contributed by atoms with Gasteiger partial charge < -0.3 is 9.47 Å². The summed E-state index contributed by atoms with van der Waals surface area (Å²) in [6.45, 7) is 8.25. The molecular formula is C16H22N2O2. The lowest BCUT2D eigenvalue weighted by molar-refractivity contribution is -0.0750. The minimum atomic E-state index is -0.246. The van der Waals surface area contributed by atoms with Crippen molar-refractivity contribution < 1.29 is 9.47 Å². The average Bonchev–Trinajstić information content (AvgIpc) is 2.39. The van der Waals surface area contributed by atoms with E-state index >= 15 is 0 Å². The Morgan fingerprint density at radius 1 is 1.40 bits per heavy atom. The Balaban J connectivity index is 2.19. The highest BCUT2D eigenvalue weighted by atomic mass is 16.5. The number of hydrogen-bond donors (Lipinski definition) is 0. The SMILES string of the molecule is CCOc1cccc(C(C#N)N2CC(C)OC(C)C2)c1. The molecule has 108 valence electrons. The van der Waals surface area contributed by atoms with Gasteiger partial charge in [-0.25, -0.2) is 0 Å². The highest BCUT2D eigenvalue weighted by molar-refractivity contribution is 5.33. The Morgan fingerprint density at radius 3 is 2.70 bits per heavy atom. The number of rotatable bonds is 4. The van der Waals surface area contributed by atoms with Gasteiger partial charge in [-0.1, -0.05) is 12.1 Å². The monoisotopic (exact) mass is 274 g/mol. The number of nitriles is 1. The molecule has 0 N–H and O–H groups in total. The van der Waals surface area contributed by atoms with E-state index in [4.69, 9.17) is 9.47 Å². The van der Waals surface area contributed by atoms with Crippen LogP contribution in [0.5, 0.6) is 5.75 Å². The summed E-state index contributed by atoms with van der Waals surface area (Å²) in [6.07, 6.45) is 0.314. The lowest BCUT2D eigenvalue weighted by Gasteiger charge is -2.37. The molecule has 0 spiro atoms. The minimum absolute atomic E-state index is 0.157. The lowest BCUT2D eigenvalue weighted by atomic mass is 10.0. The standard InChI is InChI=1S/C16H22N2O2/c1-4-19-15-7-5-6-14(8-15)16(9-17)18-10-12(2)20-13(3)11-18/h5-8,12-13,16H,4,10-11H2,1-3H3. The molecule has 4 heteroatoms. The second kappa shape index (κ2) is 6.74. The zero-order valence-corrected chi connectivity index (χ0v) is 12.4. The molecule has 0 amide bonds. The Hall–Kier alpha value is -1.57. The van der Waals surface area contributed by atoms with Gasteiger partial charge in [-0.15, -0.1) is 0 Å². The van der Waals surface area contributed by atoms with E-state index in [0.717, 1.165) is 24.4 Å². The van der Waals surface area contributed by atoms with E-state index in [1.54, 1.807) is 0 Å². The summed E-state index contributed by atoms with van der Waals surface area (Å²) in [6, 6.07) is 9.98. The molecule has 0 saturated carbocycles. The third-order valence-corrected chi connectivity index (χ3v) is 3.42. The number of morpholine rings is 1. The first-order valence-electron chi connectivity index (χ1n) is 7.16. The molecule has 1 aliphatic heterocycles. The van der Waals surface area contributed by atoms with Crippen LogP contribution in [0.15, 0.2) is 24.3 Å². The van der Waals surface area contributed by atoms with E-state index < -0.39 is 0 Å². The first kappa shape index (κ1) is 14.8. The third-order valence-electron chi connectivity index (χ3n) is 3.42. The normalized spacial score (nSPS) is 24.9. The Labute approximate surface area is 120 Å². The van der Waals surface area contributed by atoms with Crippen LogP contribution in [-0.2, 0) is 4.74 Å². The van der Waals surface area contributed by atoms with Gasteiger partial charge in [0.05, 0.1) is 24.9 Å². The van der Waals surface area contributed by atoms with Crippen molar-refractivity contribution in [3.8, 4) is 11.8 Å². The number of nitrogens with zero attached hydrogens (tertiary/aromatic N) is 2. The van der Waals surface area contributed by atoms with Crippen LogP contribution in [0.1, 0.15) is 32.4 Å². The van der Waals surface area contributed by atoms with E-state index in [9.17, 15) is 5.26 Å². The fourth-order valence-electron chi connectivity index (χ4n) is 2.74. The lowest BCUT2D eigenvalue weighted by Crippen LogP contribution is -2.46. The van der Waals surface area contributed by atoms with Crippen molar-refractivity contribution >= 4 is 0 Å². The fraction of sp³-hybridized carbons (Fsp3) is 0.562. The first-order valence-corrected chi connectivity index (χ1v) is 7.16. The second-order valence-electron chi connectivity index (χ2n) is 5.25. The van der Waals surface area contributed by atoms with E-state index in [2.05, 4.69) is 11.0 Å². The summed E-state index contributed by atoms with van der Waals surface area (Å²) < 4.78 is 11.3. The predicted molar refractivity (Wildman–Crippen MR) is 77.5 cm³/mol. The van der Waals surface area contributed by atoms with Crippen molar-refractivity contribution in [3.63, 3.8) is 0 Å². The molecule has 2 rings (SSSR count). The largest absolute Gasteiger partial charge is 0.494 e. The molecule has 1 aliphatic rings. The Kier molecular flexibility index (Phi) is 4.99. The number of hydrogen-bond acceptors (Lipinski definition) is 4. The summed E-state index contributed by atoms with van der Waals surface area (Å²) in [4.78, 5) is 2.18. The van der Waals surface area contributed by atoms with Crippen LogP contribution in [0.3, 0.4) is 0 Å². The molecule has 1 fully saturated rings. The van der Waals surface area contributed by atoms with Gasteiger partial charge in [0.1, 0.15) is 11.8 Å². The minimum Gasteiger partial charge on any atom is -0.494 e. The molecule has 0 radical (unpaired) electrons. The number of benzene rings is 1. The van der Waals surface area contributed by atoms with Crippen LogP contribution < -0.4 is 4.74 Å². The van der Waals surface area contributed by atoms with Crippen LogP contribution in [0.25, 0.3) is 0 Å². The zero-order chi connectivity index (χ0) is 14.5. The summed E-state index contributed by atoms with van der Waals surface area (Å²) >= 11 is 0. The van der Waals surface area contributed by atoms with Crippen molar-refractivity contribution in [2.24, 2.45) is 0 Å². The smallest absolute Gasteiger partial charge is 0.124 e. The summed E-state index contributed by atoms with van der Waals surface area (Å²) in [7, 11) is 0. The average molecular weight is 274 g/mol. The molecule has 4 nitrogen and oxygen atoms in total. The van der Waals surface area contributed by atoms with Crippen molar-refractivity contribution in [3.05, 3.63) is 29.8 Å². The van der Waals surface area contributed by atoms with E-state index in [1.165, 1.54) is 0 Å².